The molecule has 156 valence electrons. The van der Waals surface area contributed by atoms with Gasteiger partial charge in [-0.15, -0.1) is 0 Å². The number of rotatable bonds is 8. The number of hydrogen-bond donors (Lipinski definition) is 2. The van der Waals surface area contributed by atoms with Gasteiger partial charge in [-0.1, -0.05) is 54.6 Å². The number of likely N-dealkylation sites (tertiary alicyclic amines) is 1. The van der Waals surface area contributed by atoms with Crippen molar-refractivity contribution in [3.63, 3.8) is 0 Å². The molecule has 0 aliphatic carbocycles. The molecule has 1 fully saturated rings. The highest BCUT2D eigenvalue weighted by atomic mass is 16.5. The minimum absolute atomic E-state index is 0.474. The number of benzene rings is 2. The van der Waals surface area contributed by atoms with Crippen LogP contribution in [0.25, 0.3) is 0 Å². The first-order valence-corrected chi connectivity index (χ1v) is 10.7. The molecular weight excluding hydrogens is 360 g/mol. The van der Waals surface area contributed by atoms with Gasteiger partial charge in [0, 0.05) is 45.9 Å². The fraction of sp³-hybridized carbons (Fsp3) is 0.458. The summed E-state index contributed by atoms with van der Waals surface area (Å²) < 4.78 is 5.45. The first-order valence-electron chi connectivity index (χ1n) is 10.7. The molecule has 3 rings (SSSR count). The Bertz CT molecular complexity index is 737. The van der Waals surface area contributed by atoms with E-state index in [4.69, 9.17) is 4.74 Å². The molecular formula is C24H34N4O. The Kier molecular flexibility index (Phi) is 8.53. The predicted octanol–water partition coefficient (Wildman–Crippen LogP) is 3.55. The molecule has 1 heterocycles. The van der Waals surface area contributed by atoms with E-state index >= 15 is 0 Å². The van der Waals surface area contributed by atoms with Crippen molar-refractivity contribution in [2.24, 2.45) is 4.99 Å². The summed E-state index contributed by atoms with van der Waals surface area (Å²) in [4.78, 5) is 6.94. The van der Waals surface area contributed by atoms with E-state index in [1.54, 1.807) is 0 Å². The number of ether oxygens (including phenoxy) is 1. The van der Waals surface area contributed by atoms with Crippen molar-refractivity contribution in [3.8, 4) is 0 Å². The van der Waals surface area contributed by atoms with Crippen molar-refractivity contribution >= 4 is 5.96 Å². The molecule has 2 aromatic carbocycles. The first kappa shape index (κ1) is 21.3. The molecule has 1 saturated heterocycles. The molecule has 0 atom stereocenters. The van der Waals surface area contributed by atoms with Crippen LogP contribution in [-0.4, -0.2) is 43.6 Å². The van der Waals surface area contributed by atoms with E-state index in [9.17, 15) is 0 Å². The maximum atomic E-state index is 5.45. The zero-order chi connectivity index (χ0) is 20.3. The van der Waals surface area contributed by atoms with Gasteiger partial charge < -0.3 is 15.4 Å². The topological polar surface area (TPSA) is 48.9 Å². The lowest BCUT2D eigenvalue weighted by molar-refractivity contribution is 0.134. The standard InChI is InChI=1S/C24H34N4O/c1-3-29-19-22-11-9-20(10-12-22)17-26-24(25-2)27-23-13-15-28(16-14-23)18-21-7-5-4-6-8-21/h4-12,23H,3,13-19H2,1-2H3,(H2,25,26,27). The molecule has 2 aromatic rings. The van der Waals surface area contributed by atoms with E-state index < -0.39 is 0 Å². The number of piperidine rings is 1. The fourth-order valence-electron chi connectivity index (χ4n) is 3.62. The number of nitrogens with zero attached hydrogens (tertiary/aromatic N) is 2. The van der Waals surface area contributed by atoms with Gasteiger partial charge in [0.25, 0.3) is 0 Å². The van der Waals surface area contributed by atoms with Crippen molar-refractivity contribution in [1.82, 2.24) is 15.5 Å². The summed E-state index contributed by atoms with van der Waals surface area (Å²) in [5, 5.41) is 7.03. The van der Waals surface area contributed by atoms with Gasteiger partial charge in [0.1, 0.15) is 0 Å². The third-order valence-electron chi connectivity index (χ3n) is 5.36. The third kappa shape index (κ3) is 7.18. The molecule has 0 aromatic heterocycles. The third-order valence-corrected chi connectivity index (χ3v) is 5.36. The second-order valence-corrected chi connectivity index (χ2v) is 7.56. The predicted molar refractivity (Wildman–Crippen MR) is 120 cm³/mol. The lowest BCUT2D eigenvalue weighted by Crippen LogP contribution is -2.48. The number of guanidine groups is 1. The van der Waals surface area contributed by atoms with Crippen molar-refractivity contribution in [3.05, 3.63) is 71.3 Å². The van der Waals surface area contributed by atoms with E-state index in [2.05, 4.69) is 75.1 Å². The van der Waals surface area contributed by atoms with Crippen LogP contribution < -0.4 is 10.6 Å². The summed E-state index contributed by atoms with van der Waals surface area (Å²) in [5.74, 6) is 0.880. The molecule has 0 bridgehead atoms. The van der Waals surface area contributed by atoms with E-state index in [1.165, 1.54) is 16.7 Å². The Labute approximate surface area is 175 Å². The van der Waals surface area contributed by atoms with Crippen molar-refractivity contribution < 1.29 is 4.74 Å². The largest absolute Gasteiger partial charge is 0.377 e. The van der Waals surface area contributed by atoms with Crippen molar-refractivity contribution in [2.45, 2.75) is 45.5 Å². The van der Waals surface area contributed by atoms with E-state index in [0.29, 0.717) is 12.6 Å². The molecule has 1 aliphatic heterocycles. The minimum atomic E-state index is 0.474. The van der Waals surface area contributed by atoms with Gasteiger partial charge in [-0.25, -0.2) is 0 Å². The molecule has 0 unspecified atom stereocenters. The Morgan fingerprint density at radius 3 is 2.34 bits per heavy atom. The van der Waals surface area contributed by atoms with Crippen LogP contribution in [0, 0.1) is 0 Å². The van der Waals surface area contributed by atoms with Gasteiger partial charge >= 0.3 is 0 Å². The first-order chi connectivity index (χ1) is 14.3. The molecule has 0 radical (unpaired) electrons. The lowest BCUT2D eigenvalue weighted by atomic mass is 10.0. The summed E-state index contributed by atoms with van der Waals surface area (Å²) in [5.41, 5.74) is 3.84. The van der Waals surface area contributed by atoms with Gasteiger partial charge in [0.05, 0.1) is 6.61 Å². The van der Waals surface area contributed by atoms with Crippen LogP contribution in [0.15, 0.2) is 59.6 Å². The Morgan fingerprint density at radius 2 is 1.69 bits per heavy atom. The maximum absolute atomic E-state index is 5.45. The smallest absolute Gasteiger partial charge is 0.191 e. The molecule has 5 nitrogen and oxygen atoms in total. The van der Waals surface area contributed by atoms with Crippen molar-refractivity contribution in [1.29, 1.82) is 0 Å². The van der Waals surface area contributed by atoms with Crippen LogP contribution in [0.3, 0.4) is 0 Å². The number of hydrogen-bond acceptors (Lipinski definition) is 3. The normalized spacial score (nSPS) is 16.0. The quantitative estimate of drug-likeness (QED) is 0.531. The van der Waals surface area contributed by atoms with Crippen molar-refractivity contribution in [2.75, 3.05) is 26.7 Å². The summed E-state index contributed by atoms with van der Waals surface area (Å²) in [6.45, 7) is 7.48. The summed E-state index contributed by atoms with van der Waals surface area (Å²) >= 11 is 0. The number of aliphatic imine (C=N–C) groups is 1. The maximum Gasteiger partial charge on any atom is 0.191 e. The highest BCUT2D eigenvalue weighted by Crippen LogP contribution is 2.14. The summed E-state index contributed by atoms with van der Waals surface area (Å²) in [6.07, 6.45) is 2.28. The van der Waals surface area contributed by atoms with Crippen LogP contribution in [-0.2, 0) is 24.4 Å². The second kappa shape index (κ2) is 11.6. The monoisotopic (exact) mass is 394 g/mol. The highest BCUT2D eigenvalue weighted by Gasteiger charge is 2.19. The minimum Gasteiger partial charge on any atom is -0.377 e. The highest BCUT2D eigenvalue weighted by molar-refractivity contribution is 5.79. The molecule has 5 heteroatoms. The van der Waals surface area contributed by atoms with Gasteiger partial charge in [0.15, 0.2) is 5.96 Å². The van der Waals surface area contributed by atoms with Crippen LogP contribution >= 0.6 is 0 Å². The van der Waals surface area contributed by atoms with Crippen LogP contribution in [0.5, 0.6) is 0 Å². The average molecular weight is 395 g/mol. The van der Waals surface area contributed by atoms with Crippen LogP contribution in [0.1, 0.15) is 36.5 Å². The van der Waals surface area contributed by atoms with E-state index in [0.717, 1.165) is 51.6 Å². The van der Waals surface area contributed by atoms with Crippen LogP contribution in [0.4, 0.5) is 0 Å². The van der Waals surface area contributed by atoms with E-state index in [1.807, 2.05) is 14.0 Å². The van der Waals surface area contributed by atoms with Gasteiger partial charge in [-0.2, -0.15) is 0 Å². The zero-order valence-electron chi connectivity index (χ0n) is 17.7. The molecule has 2 N–H and O–H groups in total. The molecule has 0 saturated carbocycles. The summed E-state index contributed by atoms with van der Waals surface area (Å²) in [7, 11) is 1.84. The zero-order valence-corrected chi connectivity index (χ0v) is 17.7. The molecule has 0 amide bonds. The Morgan fingerprint density at radius 1 is 1.00 bits per heavy atom. The Balaban J connectivity index is 1.39. The fourth-order valence-corrected chi connectivity index (χ4v) is 3.62. The van der Waals surface area contributed by atoms with E-state index in [-0.39, 0.29) is 0 Å². The van der Waals surface area contributed by atoms with Gasteiger partial charge in [-0.3, -0.25) is 9.89 Å². The van der Waals surface area contributed by atoms with Gasteiger partial charge in [-0.05, 0) is 36.5 Å². The molecule has 0 spiro atoms. The lowest BCUT2D eigenvalue weighted by Gasteiger charge is -2.33. The van der Waals surface area contributed by atoms with Crippen LogP contribution in [0.2, 0.25) is 0 Å². The molecule has 1 aliphatic rings. The second-order valence-electron chi connectivity index (χ2n) is 7.56. The SMILES string of the molecule is CCOCc1ccc(CNC(=NC)NC2CCN(Cc3ccccc3)CC2)cc1. The van der Waals surface area contributed by atoms with Gasteiger partial charge in [0.2, 0.25) is 0 Å². The molecule has 29 heavy (non-hydrogen) atoms. The summed E-state index contributed by atoms with van der Waals surface area (Å²) in [6, 6.07) is 19.8. The number of nitrogens with one attached hydrogen (secondary N) is 2. The Hall–Kier alpha value is -2.37. The average Bonchev–Trinajstić information content (AvgIpc) is 2.78.